The molecule has 1 fully saturated rings. The average molecular weight is 274 g/mol. The van der Waals surface area contributed by atoms with Crippen molar-refractivity contribution in [1.29, 1.82) is 0 Å². The molecule has 0 spiro atoms. The van der Waals surface area contributed by atoms with E-state index >= 15 is 0 Å². The van der Waals surface area contributed by atoms with Crippen LogP contribution < -0.4 is 15.4 Å². The monoisotopic (exact) mass is 274 g/mol. The lowest BCUT2D eigenvalue weighted by molar-refractivity contribution is -0.123. The highest BCUT2D eigenvalue weighted by atomic mass is 16.5. The molecule has 0 aromatic heterocycles. The number of carbonyl (C=O) groups excluding carboxylic acids is 1. The van der Waals surface area contributed by atoms with Gasteiger partial charge in [-0.25, -0.2) is 0 Å². The second kappa shape index (κ2) is 5.83. The molecule has 3 rings (SSSR count). The molecule has 2 aliphatic heterocycles. The van der Waals surface area contributed by atoms with Gasteiger partial charge in [-0.3, -0.25) is 4.79 Å². The summed E-state index contributed by atoms with van der Waals surface area (Å²) in [4.78, 5) is 12.4. The Morgan fingerprint density at radius 1 is 1.40 bits per heavy atom. The van der Waals surface area contributed by atoms with E-state index in [1.807, 2.05) is 24.3 Å². The number of fused-ring (bicyclic) bond motifs is 1. The zero-order valence-corrected chi connectivity index (χ0v) is 11.9. The van der Waals surface area contributed by atoms with Crippen molar-refractivity contribution in [2.24, 2.45) is 0 Å². The number of amides is 1. The number of para-hydroxylation sites is 1. The Bertz CT molecular complexity index is 483. The summed E-state index contributed by atoms with van der Waals surface area (Å²) in [6.07, 6.45) is 3.62. The van der Waals surface area contributed by atoms with E-state index in [1.54, 1.807) is 0 Å². The molecule has 1 aromatic carbocycles. The summed E-state index contributed by atoms with van der Waals surface area (Å²) in [5, 5.41) is 6.64. The summed E-state index contributed by atoms with van der Waals surface area (Å²) >= 11 is 0. The minimum atomic E-state index is -0.169. The lowest BCUT2D eigenvalue weighted by Gasteiger charge is -2.30. The number of carbonyl (C=O) groups is 1. The highest BCUT2D eigenvalue weighted by molar-refractivity contribution is 5.85. The Labute approximate surface area is 119 Å². The van der Waals surface area contributed by atoms with Crippen molar-refractivity contribution in [3.63, 3.8) is 0 Å². The number of piperidine rings is 1. The molecule has 2 N–H and O–H groups in total. The van der Waals surface area contributed by atoms with E-state index in [2.05, 4.69) is 17.6 Å². The highest BCUT2D eigenvalue weighted by Crippen LogP contribution is 2.33. The number of benzene rings is 1. The molecule has 2 heterocycles. The van der Waals surface area contributed by atoms with E-state index in [4.69, 9.17) is 4.74 Å². The summed E-state index contributed by atoms with van der Waals surface area (Å²) in [5.74, 6) is 0.753. The van der Waals surface area contributed by atoms with Crippen LogP contribution >= 0.6 is 0 Å². The maximum absolute atomic E-state index is 12.4. The first-order valence-electron chi connectivity index (χ1n) is 7.51. The summed E-state index contributed by atoms with van der Waals surface area (Å²) in [5.41, 5.74) is 1.01. The van der Waals surface area contributed by atoms with Crippen LogP contribution in [-0.2, 0) is 4.79 Å². The van der Waals surface area contributed by atoms with Crippen LogP contribution in [-0.4, -0.2) is 31.1 Å². The van der Waals surface area contributed by atoms with Gasteiger partial charge in [0.1, 0.15) is 18.3 Å². The molecule has 3 unspecified atom stereocenters. The van der Waals surface area contributed by atoms with Crippen LogP contribution in [0.15, 0.2) is 24.3 Å². The van der Waals surface area contributed by atoms with Crippen LogP contribution in [0.25, 0.3) is 0 Å². The van der Waals surface area contributed by atoms with E-state index < -0.39 is 0 Å². The Kier molecular flexibility index (Phi) is 3.92. The molecule has 2 aliphatic rings. The number of nitrogens with one attached hydrogen (secondary N) is 2. The zero-order chi connectivity index (χ0) is 13.9. The molecule has 4 heteroatoms. The maximum Gasteiger partial charge on any atom is 0.231 e. The van der Waals surface area contributed by atoms with Gasteiger partial charge in [0.25, 0.3) is 0 Å². The summed E-state index contributed by atoms with van der Waals surface area (Å²) in [6, 6.07) is 8.36. The molecular formula is C16H22N2O2. The Hall–Kier alpha value is -1.55. The van der Waals surface area contributed by atoms with Crippen molar-refractivity contribution in [3.05, 3.63) is 29.8 Å². The number of hydrogen-bond acceptors (Lipinski definition) is 3. The predicted octanol–water partition coefficient (Wildman–Crippen LogP) is 1.81. The van der Waals surface area contributed by atoms with Crippen LogP contribution in [0.4, 0.5) is 0 Å². The normalized spacial score (nSPS) is 26.4. The third kappa shape index (κ3) is 2.66. The molecule has 20 heavy (non-hydrogen) atoms. The Balaban J connectivity index is 1.62. The SMILES string of the molecule is CC(NC(=O)C1COc2ccccc21)C1CCCCN1. The van der Waals surface area contributed by atoms with Gasteiger partial charge < -0.3 is 15.4 Å². The van der Waals surface area contributed by atoms with E-state index in [0.717, 1.165) is 24.3 Å². The van der Waals surface area contributed by atoms with Gasteiger partial charge in [-0.2, -0.15) is 0 Å². The van der Waals surface area contributed by atoms with E-state index in [1.165, 1.54) is 12.8 Å². The van der Waals surface area contributed by atoms with Gasteiger partial charge in [0, 0.05) is 17.6 Å². The lowest BCUT2D eigenvalue weighted by atomic mass is 9.96. The molecule has 1 amide bonds. The lowest BCUT2D eigenvalue weighted by Crippen LogP contribution is -2.51. The molecule has 0 radical (unpaired) electrons. The molecule has 0 saturated carbocycles. The quantitative estimate of drug-likeness (QED) is 0.884. The second-order valence-electron chi connectivity index (χ2n) is 5.76. The maximum atomic E-state index is 12.4. The molecule has 4 nitrogen and oxygen atoms in total. The molecule has 0 bridgehead atoms. The van der Waals surface area contributed by atoms with Crippen molar-refractivity contribution >= 4 is 5.91 Å². The Morgan fingerprint density at radius 3 is 3.05 bits per heavy atom. The zero-order valence-electron chi connectivity index (χ0n) is 11.9. The van der Waals surface area contributed by atoms with Crippen LogP contribution in [0, 0.1) is 0 Å². The third-order valence-corrected chi connectivity index (χ3v) is 4.34. The van der Waals surface area contributed by atoms with Crippen molar-refractivity contribution in [1.82, 2.24) is 10.6 Å². The molecule has 108 valence electrons. The Morgan fingerprint density at radius 2 is 2.25 bits per heavy atom. The van der Waals surface area contributed by atoms with Crippen molar-refractivity contribution in [2.45, 2.75) is 44.2 Å². The van der Waals surface area contributed by atoms with Gasteiger partial charge in [-0.15, -0.1) is 0 Å². The van der Waals surface area contributed by atoms with Gasteiger partial charge in [0.2, 0.25) is 5.91 Å². The fourth-order valence-electron chi connectivity index (χ4n) is 3.11. The predicted molar refractivity (Wildman–Crippen MR) is 77.9 cm³/mol. The first kappa shape index (κ1) is 13.4. The van der Waals surface area contributed by atoms with Gasteiger partial charge in [-0.05, 0) is 32.4 Å². The highest BCUT2D eigenvalue weighted by Gasteiger charge is 2.31. The molecule has 1 aromatic rings. The van der Waals surface area contributed by atoms with E-state index in [0.29, 0.717) is 12.6 Å². The topological polar surface area (TPSA) is 50.4 Å². The number of rotatable bonds is 3. The summed E-state index contributed by atoms with van der Waals surface area (Å²) in [7, 11) is 0. The third-order valence-electron chi connectivity index (χ3n) is 4.34. The number of ether oxygens (including phenoxy) is 1. The molecule has 1 saturated heterocycles. The first-order chi connectivity index (χ1) is 9.75. The fraction of sp³-hybridized carbons (Fsp3) is 0.562. The first-order valence-corrected chi connectivity index (χ1v) is 7.51. The molecular weight excluding hydrogens is 252 g/mol. The van der Waals surface area contributed by atoms with Gasteiger partial charge in [0.15, 0.2) is 0 Å². The summed E-state index contributed by atoms with van der Waals surface area (Å²) in [6.45, 7) is 3.60. The largest absolute Gasteiger partial charge is 0.492 e. The van der Waals surface area contributed by atoms with Crippen molar-refractivity contribution in [2.75, 3.05) is 13.2 Å². The smallest absolute Gasteiger partial charge is 0.231 e. The van der Waals surface area contributed by atoms with Gasteiger partial charge in [-0.1, -0.05) is 24.6 Å². The average Bonchev–Trinajstić information content (AvgIpc) is 2.92. The van der Waals surface area contributed by atoms with Crippen LogP contribution in [0.1, 0.15) is 37.7 Å². The van der Waals surface area contributed by atoms with Crippen molar-refractivity contribution < 1.29 is 9.53 Å². The second-order valence-corrected chi connectivity index (χ2v) is 5.76. The minimum Gasteiger partial charge on any atom is -0.492 e. The van der Waals surface area contributed by atoms with Crippen molar-refractivity contribution in [3.8, 4) is 5.75 Å². The standard InChI is InChI=1S/C16H22N2O2/c1-11(14-7-4-5-9-17-14)18-16(19)13-10-20-15-8-3-2-6-12(13)15/h2-3,6,8,11,13-14,17H,4-5,7,9-10H2,1H3,(H,18,19). The van der Waals surface area contributed by atoms with E-state index in [9.17, 15) is 4.79 Å². The summed E-state index contributed by atoms with van der Waals surface area (Å²) < 4.78 is 5.58. The van der Waals surface area contributed by atoms with Gasteiger partial charge in [0.05, 0.1) is 0 Å². The minimum absolute atomic E-state index is 0.0785. The molecule has 3 atom stereocenters. The number of hydrogen-bond donors (Lipinski definition) is 2. The fourth-order valence-corrected chi connectivity index (χ4v) is 3.11. The van der Waals surface area contributed by atoms with Gasteiger partial charge >= 0.3 is 0 Å². The van der Waals surface area contributed by atoms with Crippen LogP contribution in [0.2, 0.25) is 0 Å². The molecule has 0 aliphatic carbocycles. The van der Waals surface area contributed by atoms with E-state index in [-0.39, 0.29) is 17.9 Å². The van der Waals surface area contributed by atoms with Crippen LogP contribution in [0.3, 0.4) is 0 Å². The van der Waals surface area contributed by atoms with Crippen LogP contribution in [0.5, 0.6) is 5.75 Å².